The van der Waals surface area contributed by atoms with Crippen molar-refractivity contribution in [3.63, 3.8) is 0 Å². The molecule has 0 aliphatic heterocycles. The van der Waals surface area contributed by atoms with Crippen LogP contribution in [-0.4, -0.2) is 19.6 Å². The van der Waals surface area contributed by atoms with Gasteiger partial charge in [0.05, 0.1) is 28.6 Å². The quantitative estimate of drug-likeness (QED) is 0.797. The van der Waals surface area contributed by atoms with Crippen LogP contribution in [0.25, 0.3) is 10.9 Å². The number of nitrogens with two attached hydrogens (primary N) is 1. The second kappa shape index (κ2) is 5.33. The van der Waals surface area contributed by atoms with E-state index < -0.39 is 0 Å². The second-order valence-electron chi connectivity index (χ2n) is 5.44. The van der Waals surface area contributed by atoms with Crippen molar-refractivity contribution < 1.29 is 0 Å². The fourth-order valence-electron chi connectivity index (χ4n) is 2.82. The minimum Gasteiger partial charge on any atom is -0.322 e. The van der Waals surface area contributed by atoms with Crippen LogP contribution < -0.4 is 5.73 Å². The first-order valence-corrected chi connectivity index (χ1v) is 7.29. The maximum absolute atomic E-state index is 6.39. The lowest BCUT2D eigenvalue weighted by Gasteiger charge is -2.10. The summed E-state index contributed by atoms with van der Waals surface area (Å²) in [6.45, 7) is 2.10. The van der Waals surface area contributed by atoms with E-state index >= 15 is 0 Å². The Morgan fingerprint density at radius 3 is 2.62 bits per heavy atom. The molecular formula is C16H21N5. The molecule has 3 rings (SSSR count). The molecule has 1 atom stereocenters. The molecule has 0 amide bonds. The molecule has 0 saturated heterocycles. The highest BCUT2D eigenvalue weighted by Crippen LogP contribution is 2.22. The number of aryl methyl sites for hydroxylation is 3. The monoisotopic (exact) mass is 283 g/mol. The zero-order valence-corrected chi connectivity index (χ0v) is 12.7. The zero-order chi connectivity index (χ0) is 15.0. The summed E-state index contributed by atoms with van der Waals surface area (Å²) in [5.41, 5.74) is 10.7. The van der Waals surface area contributed by atoms with Gasteiger partial charge in [-0.2, -0.15) is 10.2 Å². The van der Waals surface area contributed by atoms with E-state index in [2.05, 4.69) is 35.3 Å². The molecule has 0 fully saturated rings. The predicted octanol–water partition coefficient (Wildman–Crippen LogP) is 2.11. The first-order valence-electron chi connectivity index (χ1n) is 7.29. The first-order chi connectivity index (χ1) is 10.1. The molecule has 5 heteroatoms. The lowest BCUT2D eigenvalue weighted by molar-refractivity contribution is 0.604. The maximum Gasteiger partial charge on any atom is 0.0722 e. The number of nitrogens with zero attached hydrogens (tertiary/aromatic N) is 4. The lowest BCUT2D eigenvalue weighted by atomic mass is 10.1. The number of fused-ring (bicyclic) bond motifs is 1. The fraction of sp³-hybridized carbons (Fsp3) is 0.375. The van der Waals surface area contributed by atoms with Crippen molar-refractivity contribution in [3.05, 3.63) is 47.4 Å². The standard InChI is InChI=1S/C16H21N5/c1-4-11-9-16(21(3)18-11)13(17)10-14-12-7-5-6-8-15(12)20(2)19-14/h5-9,13H,4,10,17H2,1-3H3. The number of aromatic nitrogens is 4. The van der Waals surface area contributed by atoms with Gasteiger partial charge in [0, 0.05) is 25.9 Å². The summed E-state index contributed by atoms with van der Waals surface area (Å²) >= 11 is 0. The van der Waals surface area contributed by atoms with Gasteiger partial charge in [0.15, 0.2) is 0 Å². The molecule has 0 spiro atoms. The SMILES string of the molecule is CCc1cc(C(N)Cc2nn(C)c3ccccc23)n(C)n1. The normalized spacial score (nSPS) is 13.0. The molecule has 1 unspecified atom stereocenters. The fourth-order valence-corrected chi connectivity index (χ4v) is 2.82. The van der Waals surface area contributed by atoms with Gasteiger partial charge in [-0.15, -0.1) is 0 Å². The van der Waals surface area contributed by atoms with E-state index in [1.165, 1.54) is 5.39 Å². The first kappa shape index (κ1) is 13.8. The number of hydrogen-bond donors (Lipinski definition) is 1. The Bertz CT molecular complexity index is 768. The van der Waals surface area contributed by atoms with E-state index in [0.717, 1.165) is 29.0 Å². The van der Waals surface area contributed by atoms with Crippen LogP contribution in [0.5, 0.6) is 0 Å². The van der Waals surface area contributed by atoms with E-state index in [9.17, 15) is 0 Å². The molecule has 0 saturated carbocycles. The van der Waals surface area contributed by atoms with Gasteiger partial charge in [-0.25, -0.2) is 0 Å². The molecule has 0 bridgehead atoms. The Morgan fingerprint density at radius 1 is 1.14 bits per heavy atom. The number of benzene rings is 1. The van der Waals surface area contributed by atoms with E-state index in [-0.39, 0.29) is 6.04 Å². The molecule has 0 aliphatic rings. The summed E-state index contributed by atoms with van der Waals surface area (Å²) in [7, 11) is 3.92. The molecule has 2 heterocycles. The molecule has 2 N–H and O–H groups in total. The minimum absolute atomic E-state index is 0.0962. The Labute approximate surface area is 124 Å². The highest BCUT2D eigenvalue weighted by Gasteiger charge is 2.17. The van der Waals surface area contributed by atoms with Crippen molar-refractivity contribution >= 4 is 10.9 Å². The zero-order valence-electron chi connectivity index (χ0n) is 12.7. The van der Waals surface area contributed by atoms with Crippen molar-refractivity contribution in [1.82, 2.24) is 19.6 Å². The summed E-state index contributed by atoms with van der Waals surface area (Å²) in [6, 6.07) is 10.2. The number of hydrogen-bond acceptors (Lipinski definition) is 3. The van der Waals surface area contributed by atoms with Crippen LogP contribution in [0.4, 0.5) is 0 Å². The van der Waals surface area contributed by atoms with Crippen LogP contribution >= 0.6 is 0 Å². The van der Waals surface area contributed by atoms with E-state index in [1.807, 2.05) is 35.6 Å². The van der Waals surface area contributed by atoms with Gasteiger partial charge in [0.25, 0.3) is 0 Å². The van der Waals surface area contributed by atoms with E-state index in [4.69, 9.17) is 5.73 Å². The van der Waals surface area contributed by atoms with Crippen LogP contribution in [0.3, 0.4) is 0 Å². The summed E-state index contributed by atoms with van der Waals surface area (Å²) in [4.78, 5) is 0. The van der Waals surface area contributed by atoms with E-state index in [1.54, 1.807) is 0 Å². The molecular weight excluding hydrogens is 262 g/mol. The van der Waals surface area contributed by atoms with Crippen molar-refractivity contribution in [3.8, 4) is 0 Å². The number of para-hydroxylation sites is 1. The van der Waals surface area contributed by atoms with Crippen molar-refractivity contribution in [2.75, 3.05) is 0 Å². The lowest BCUT2D eigenvalue weighted by Crippen LogP contribution is -2.17. The second-order valence-corrected chi connectivity index (χ2v) is 5.44. The predicted molar refractivity (Wildman–Crippen MR) is 83.9 cm³/mol. The summed E-state index contributed by atoms with van der Waals surface area (Å²) in [6.07, 6.45) is 1.64. The van der Waals surface area contributed by atoms with Gasteiger partial charge in [-0.3, -0.25) is 9.36 Å². The molecule has 110 valence electrons. The molecule has 3 aromatic rings. The van der Waals surface area contributed by atoms with Crippen LogP contribution in [0.2, 0.25) is 0 Å². The highest BCUT2D eigenvalue weighted by molar-refractivity contribution is 5.81. The van der Waals surface area contributed by atoms with Crippen LogP contribution in [0, 0.1) is 0 Å². The summed E-state index contributed by atoms with van der Waals surface area (Å²) < 4.78 is 3.80. The Hall–Kier alpha value is -2.14. The average molecular weight is 283 g/mol. The molecule has 1 aromatic carbocycles. The Morgan fingerprint density at radius 2 is 1.90 bits per heavy atom. The van der Waals surface area contributed by atoms with E-state index in [0.29, 0.717) is 6.42 Å². The Balaban J connectivity index is 1.92. The summed E-state index contributed by atoms with van der Waals surface area (Å²) in [5.74, 6) is 0. The van der Waals surface area contributed by atoms with Crippen molar-refractivity contribution in [2.45, 2.75) is 25.8 Å². The summed E-state index contributed by atoms with van der Waals surface area (Å²) in [5, 5.41) is 10.3. The molecule has 21 heavy (non-hydrogen) atoms. The topological polar surface area (TPSA) is 61.7 Å². The maximum atomic E-state index is 6.39. The largest absolute Gasteiger partial charge is 0.322 e. The van der Waals surface area contributed by atoms with Crippen molar-refractivity contribution in [2.24, 2.45) is 19.8 Å². The number of rotatable bonds is 4. The molecule has 2 aromatic heterocycles. The van der Waals surface area contributed by atoms with Gasteiger partial charge in [-0.05, 0) is 18.6 Å². The van der Waals surface area contributed by atoms with Gasteiger partial charge in [0.1, 0.15) is 0 Å². The van der Waals surface area contributed by atoms with Gasteiger partial charge in [0.2, 0.25) is 0 Å². The van der Waals surface area contributed by atoms with Gasteiger partial charge in [-0.1, -0.05) is 25.1 Å². The van der Waals surface area contributed by atoms with Crippen molar-refractivity contribution in [1.29, 1.82) is 0 Å². The van der Waals surface area contributed by atoms with Crippen LogP contribution in [-0.2, 0) is 26.9 Å². The van der Waals surface area contributed by atoms with Gasteiger partial charge >= 0.3 is 0 Å². The van der Waals surface area contributed by atoms with Crippen LogP contribution in [0.1, 0.15) is 30.0 Å². The molecule has 0 aliphatic carbocycles. The minimum atomic E-state index is -0.0962. The van der Waals surface area contributed by atoms with Crippen LogP contribution in [0.15, 0.2) is 30.3 Å². The molecule has 0 radical (unpaired) electrons. The Kier molecular flexibility index (Phi) is 3.51. The third-order valence-electron chi connectivity index (χ3n) is 3.96. The third kappa shape index (κ3) is 2.45. The molecule has 5 nitrogen and oxygen atoms in total. The third-order valence-corrected chi connectivity index (χ3v) is 3.96. The average Bonchev–Trinajstić information content (AvgIpc) is 3.01. The smallest absolute Gasteiger partial charge is 0.0722 e. The van der Waals surface area contributed by atoms with Gasteiger partial charge < -0.3 is 5.73 Å². The highest BCUT2D eigenvalue weighted by atomic mass is 15.3.